The lowest BCUT2D eigenvalue weighted by Gasteiger charge is -2.36. The van der Waals surface area contributed by atoms with E-state index >= 15 is 0 Å². The number of nitrogens with one attached hydrogen (secondary N) is 1. The predicted octanol–water partition coefficient (Wildman–Crippen LogP) is 3.68. The van der Waals surface area contributed by atoms with E-state index in [0.29, 0.717) is 21.6 Å². The third kappa shape index (κ3) is 5.71. The Labute approximate surface area is 274 Å². The van der Waals surface area contributed by atoms with Crippen LogP contribution in [0.3, 0.4) is 0 Å². The van der Waals surface area contributed by atoms with Crippen molar-refractivity contribution in [1.29, 1.82) is 0 Å². The number of nitrogens with zero attached hydrogens (tertiary/aromatic N) is 2. The largest absolute Gasteiger partial charge is 0.463 e. The van der Waals surface area contributed by atoms with Crippen molar-refractivity contribution in [2.24, 2.45) is 11.8 Å². The average Bonchev–Trinajstić information content (AvgIpc) is 3.63. The average molecular weight is 699 g/mol. The Morgan fingerprint density at radius 2 is 1.78 bits per heavy atom. The van der Waals surface area contributed by atoms with Gasteiger partial charge in [-0.1, -0.05) is 82.1 Å². The van der Waals surface area contributed by atoms with Gasteiger partial charge in [0.25, 0.3) is 5.91 Å². The molecule has 4 aliphatic heterocycles. The number of allylic oxidation sites excluding steroid dienone is 1. The van der Waals surface area contributed by atoms with Crippen LogP contribution < -0.4 is 10.2 Å². The summed E-state index contributed by atoms with van der Waals surface area (Å²) in [6.45, 7) is -0.0944. The van der Waals surface area contributed by atoms with Crippen molar-refractivity contribution in [3.8, 4) is 0 Å². The number of esters is 1. The first-order valence-corrected chi connectivity index (χ1v) is 16.1. The zero-order chi connectivity index (χ0) is 31.7. The highest BCUT2D eigenvalue weighted by atomic mass is 79.9. The van der Waals surface area contributed by atoms with Gasteiger partial charge in [0.1, 0.15) is 24.4 Å². The SMILES string of the molecule is O=C1CC/C=C\CN(c2ccccc2Cl)C(=O)[C@@H]2N(CCCO)C(=O)[C@H]3[C@H](C(=O)N[C@H](c4ccccc4)CO1)[C@H]1O[C@@]23C=C1Br. The minimum Gasteiger partial charge on any atom is -0.463 e. The summed E-state index contributed by atoms with van der Waals surface area (Å²) in [4.78, 5) is 58.8. The number of para-hydroxylation sites is 1. The van der Waals surface area contributed by atoms with Gasteiger partial charge in [-0.3, -0.25) is 19.2 Å². The maximum absolute atomic E-state index is 14.7. The molecule has 3 amide bonds. The van der Waals surface area contributed by atoms with Gasteiger partial charge in [0, 0.05) is 30.6 Å². The molecular formula is C33H33BrClN3O7. The number of hydrogen-bond donors (Lipinski definition) is 2. The molecule has 4 aliphatic rings. The Morgan fingerprint density at radius 1 is 1.02 bits per heavy atom. The third-order valence-electron chi connectivity index (χ3n) is 8.83. The zero-order valence-corrected chi connectivity index (χ0v) is 26.7. The van der Waals surface area contributed by atoms with E-state index in [2.05, 4.69) is 21.2 Å². The number of ether oxygens (including phenoxy) is 2. The van der Waals surface area contributed by atoms with Gasteiger partial charge in [-0.2, -0.15) is 0 Å². The number of rotatable bonds is 5. The monoisotopic (exact) mass is 697 g/mol. The van der Waals surface area contributed by atoms with Gasteiger partial charge >= 0.3 is 5.97 Å². The molecule has 12 heteroatoms. The number of cyclic esters (lactones) is 1. The lowest BCUT2D eigenvalue weighted by molar-refractivity contribution is -0.145. The van der Waals surface area contributed by atoms with E-state index in [9.17, 15) is 24.3 Å². The van der Waals surface area contributed by atoms with E-state index in [0.717, 1.165) is 5.56 Å². The number of anilines is 1. The fourth-order valence-electron chi connectivity index (χ4n) is 6.82. The van der Waals surface area contributed by atoms with E-state index in [-0.39, 0.29) is 39.1 Å². The smallest absolute Gasteiger partial charge is 0.306 e. The molecule has 0 unspecified atom stereocenters. The molecule has 4 heterocycles. The van der Waals surface area contributed by atoms with Crippen LogP contribution >= 0.6 is 27.5 Å². The minimum atomic E-state index is -1.44. The summed E-state index contributed by atoms with van der Waals surface area (Å²) in [7, 11) is 0. The van der Waals surface area contributed by atoms with Crippen LogP contribution in [0.5, 0.6) is 0 Å². The fraction of sp³-hybridized carbons (Fsp3) is 0.394. The van der Waals surface area contributed by atoms with Crippen molar-refractivity contribution >= 4 is 56.9 Å². The van der Waals surface area contributed by atoms with E-state index < -0.39 is 59.3 Å². The second-order valence-electron chi connectivity index (χ2n) is 11.5. The van der Waals surface area contributed by atoms with Crippen LogP contribution in [0.15, 0.2) is 77.3 Å². The molecule has 236 valence electrons. The molecule has 0 radical (unpaired) electrons. The number of carbonyl (C=O) groups is 4. The van der Waals surface area contributed by atoms with Gasteiger partial charge in [0.2, 0.25) is 11.8 Å². The molecule has 6 rings (SSSR count). The molecule has 0 saturated carbocycles. The normalized spacial score (nSPS) is 31.0. The molecule has 0 aliphatic carbocycles. The van der Waals surface area contributed by atoms with Crippen molar-refractivity contribution in [1.82, 2.24) is 10.2 Å². The molecule has 2 aromatic carbocycles. The molecule has 45 heavy (non-hydrogen) atoms. The number of benzene rings is 2. The van der Waals surface area contributed by atoms with Crippen LogP contribution in [-0.2, 0) is 28.7 Å². The molecular weight excluding hydrogens is 666 g/mol. The van der Waals surface area contributed by atoms with Crippen molar-refractivity contribution in [3.05, 3.63) is 87.9 Å². The van der Waals surface area contributed by atoms with E-state index in [1.165, 1.54) is 9.80 Å². The van der Waals surface area contributed by atoms with Crippen molar-refractivity contribution in [3.63, 3.8) is 0 Å². The molecule has 0 aromatic heterocycles. The summed E-state index contributed by atoms with van der Waals surface area (Å²) >= 11 is 10.2. The van der Waals surface area contributed by atoms with Gasteiger partial charge in [0.15, 0.2) is 0 Å². The number of amides is 3. The van der Waals surface area contributed by atoms with Crippen LogP contribution in [0.25, 0.3) is 0 Å². The maximum atomic E-state index is 14.7. The lowest BCUT2D eigenvalue weighted by Crippen LogP contribution is -2.56. The second-order valence-corrected chi connectivity index (χ2v) is 12.8. The first-order chi connectivity index (χ1) is 21.8. The van der Waals surface area contributed by atoms with Crippen LogP contribution in [0.2, 0.25) is 5.02 Å². The van der Waals surface area contributed by atoms with Crippen molar-refractivity contribution in [2.45, 2.75) is 43.1 Å². The van der Waals surface area contributed by atoms with E-state index in [1.54, 1.807) is 42.5 Å². The van der Waals surface area contributed by atoms with Crippen molar-refractivity contribution in [2.75, 3.05) is 31.2 Å². The quantitative estimate of drug-likeness (QED) is 0.361. The lowest BCUT2D eigenvalue weighted by atomic mass is 9.74. The molecule has 2 saturated heterocycles. The van der Waals surface area contributed by atoms with Crippen LogP contribution in [0.1, 0.15) is 30.9 Å². The molecule has 5 bridgehead atoms. The Morgan fingerprint density at radius 3 is 2.53 bits per heavy atom. The maximum Gasteiger partial charge on any atom is 0.306 e. The Hall–Kier alpha value is -3.51. The zero-order valence-electron chi connectivity index (χ0n) is 24.3. The third-order valence-corrected chi connectivity index (χ3v) is 9.83. The van der Waals surface area contributed by atoms with Gasteiger partial charge in [-0.05, 0) is 36.6 Å². The topological polar surface area (TPSA) is 125 Å². The summed E-state index contributed by atoms with van der Waals surface area (Å²) in [5.41, 5.74) is -0.271. The molecule has 10 nitrogen and oxygen atoms in total. The first-order valence-electron chi connectivity index (χ1n) is 15.0. The molecule has 2 N–H and O–H groups in total. The summed E-state index contributed by atoms with van der Waals surface area (Å²) in [6.07, 6.45) is 5.22. The number of fused-ring (bicyclic) bond motifs is 2. The second kappa shape index (κ2) is 13.1. The summed E-state index contributed by atoms with van der Waals surface area (Å²) in [5, 5.41) is 13.0. The Kier molecular flexibility index (Phi) is 9.15. The number of halogens is 2. The molecule has 1 spiro atoms. The fourth-order valence-corrected chi connectivity index (χ4v) is 7.80. The Balaban J connectivity index is 1.46. The van der Waals surface area contributed by atoms with Gasteiger partial charge in [-0.15, -0.1) is 0 Å². The summed E-state index contributed by atoms with van der Waals surface area (Å²) in [5.74, 6) is -3.71. The number of likely N-dealkylation sites (tertiary alicyclic amines) is 1. The van der Waals surface area contributed by atoms with Gasteiger partial charge in [-0.25, -0.2) is 0 Å². The number of carbonyl (C=O) groups excluding carboxylic acids is 4. The Bertz CT molecular complexity index is 1550. The van der Waals surface area contributed by atoms with Gasteiger partial charge < -0.3 is 29.7 Å². The van der Waals surface area contributed by atoms with Crippen LogP contribution in [-0.4, -0.2) is 77.7 Å². The highest BCUT2D eigenvalue weighted by Crippen LogP contribution is 2.58. The molecule has 2 fully saturated rings. The summed E-state index contributed by atoms with van der Waals surface area (Å²) in [6, 6.07) is 14.3. The highest BCUT2D eigenvalue weighted by Gasteiger charge is 2.74. The van der Waals surface area contributed by atoms with Crippen molar-refractivity contribution < 1.29 is 33.8 Å². The highest BCUT2D eigenvalue weighted by molar-refractivity contribution is 9.11. The van der Waals surface area contributed by atoms with Gasteiger partial charge in [0.05, 0.1) is 28.6 Å². The molecule has 6 atom stereocenters. The number of aliphatic hydroxyl groups excluding tert-OH is 1. The standard InChI is InChI=1S/C33H33BrClN3O7/c34-21-18-33-27-26(28(21)45-33)30(41)36-23(20-10-3-1-4-11-20)19-44-25(40)14-5-2-8-15-37(24-13-7-6-12-22(24)35)32(43)29(33)38(31(27)42)16-9-17-39/h1-4,6-8,10-13,18,23,26-29,39H,5,9,14-17,19H2,(H,36,41)/b8-2-/t23-,26-,27+,28-,29-,33+/m0/s1. The van der Waals surface area contributed by atoms with E-state index in [4.69, 9.17) is 21.1 Å². The number of aliphatic hydroxyl groups is 1. The number of hydrogen-bond acceptors (Lipinski definition) is 7. The molecule has 2 aromatic rings. The van der Waals surface area contributed by atoms with Crippen LogP contribution in [0.4, 0.5) is 5.69 Å². The van der Waals surface area contributed by atoms with E-state index in [1.807, 2.05) is 30.3 Å². The predicted molar refractivity (Wildman–Crippen MR) is 169 cm³/mol. The van der Waals surface area contributed by atoms with Crippen LogP contribution in [0, 0.1) is 11.8 Å². The minimum absolute atomic E-state index is 0.0899. The summed E-state index contributed by atoms with van der Waals surface area (Å²) < 4.78 is 12.7. The first kappa shape index (κ1) is 31.5.